The summed E-state index contributed by atoms with van der Waals surface area (Å²) >= 11 is 0. The van der Waals surface area contributed by atoms with Gasteiger partial charge in [-0.05, 0) is 80.3 Å². The zero-order valence-corrected chi connectivity index (χ0v) is 47.8. The number of rotatable bonds is 2. The van der Waals surface area contributed by atoms with Crippen molar-refractivity contribution in [2.24, 2.45) is 29.6 Å². The third kappa shape index (κ3) is 9.52. The van der Waals surface area contributed by atoms with Crippen molar-refractivity contribution in [1.29, 1.82) is 0 Å². The molecule has 18 fully saturated rings. The minimum Gasteiger partial charge on any atom is -0.459 e. The van der Waals surface area contributed by atoms with Crippen LogP contribution in [0.15, 0.2) is 24.3 Å². The van der Waals surface area contributed by atoms with Gasteiger partial charge in [0.2, 0.25) is 5.79 Å². The van der Waals surface area contributed by atoms with E-state index in [0.29, 0.717) is 83.7 Å². The number of esters is 1. The summed E-state index contributed by atoms with van der Waals surface area (Å²) in [6.45, 7) is 17.6. The van der Waals surface area contributed by atoms with Crippen LogP contribution in [0.25, 0.3) is 0 Å². The van der Waals surface area contributed by atoms with Crippen molar-refractivity contribution in [3.63, 3.8) is 0 Å². The number of carbonyl (C=O) groups excluding carboxylic acids is 1. The molecule has 0 aliphatic carbocycles. The van der Waals surface area contributed by atoms with Crippen LogP contribution in [0.3, 0.4) is 0 Å². The van der Waals surface area contributed by atoms with E-state index in [1.165, 1.54) is 0 Å². The van der Waals surface area contributed by atoms with Crippen LogP contribution in [0.1, 0.15) is 130 Å². The highest BCUT2D eigenvalue weighted by Gasteiger charge is 2.71. The minimum atomic E-state index is -2.09. The molecule has 21 nitrogen and oxygen atoms in total. The molecule has 34 atom stereocenters. The summed E-state index contributed by atoms with van der Waals surface area (Å²) in [5.41, 5.74) is 2.00. The van der Waals surface area contributed by atoms with Gasteiger partial charge in [0.1, 0.15) is 42.7 Å². The van der Waals surface area contributed by atoms with E-state index in [2.05, 4.69) is 40.9 Å². The molecule has 0 aromatic carbocycles. The Kier molecular flexibility index (Phi) is 14.6. The predicted octanol–water partition coefficient (Wildman–Crippen LogP) is 3.11. The molecular formula is C61H88O21. The molecule has 1 unspecified atom stereocenters. The molecule has 18 aliphatic heterocycles. The third-order valence-corrected chi connectivity index (χ3v) is 22.6. The Morgan fingerprint density at radius 1 is 0.549 bits per heavy atom. The van der Waals surface area contributed by atoms with Crippen molar-refractivity contribution in [2.45, 2.75) is 306 Å². The number of carbonyl (C=O) groups is 1. The molecule has 12 bridgehead atoms. The van der Waals surface area contributed by atoms with Gasteiger partial charge >= 0.3 is 5.97 Å². The molecule has 5 N–H and O–H groups in total. The second kappa shape index (κ2) is 21.2. The topological polar surface area (TPSA) is 257 Å². The highest BCUT2D eigenvalue weighted by Crippen LogP contribution is 2.57. The van der Waals surface area contributed by atoms with Gasteiger partial charge in [-0.1, -0.05) is 40.9 Å². The first-order valence-electron chi connectivity index (χ1n) is 31.5. The van der Waals surface area contributed by atoms with Gasteiger partial charge in [-0.25, -0.2) is 0 Å². The summed E-state index contributed by atoms with van der Waals surface area (Å²) in [7, 11) is 0. The molecule has 458 valence electrons. The van der Waals surface area contributed by atoms with Crippen molar-refractivity contribution >= 4 is 5.97 Å². The molecule has 0 radical (unpaired) electrons. The summed E-state index contributed by atoms with van der Waals surface area (Å²) in [6.07, 6.45) is -5.48. The number of fused-ring (bicyclic) bond motifs is 6. The number of aliphatic hydroxyl groups excluding tert-OH is 4. The molecule has 0 aromatic heterocycles. The van der Waals surface area contributed by atoms with Gasteiger partial charge in [-0.15, -0.1) is 0 Å². The van der Waals surface area contributed by atoms with Gasteiger partial charge in [-0.2, -0.15) is 0 Å². The molecule has 18 saturated heterocycles. The van der Waals surface area contributed by atoms with Crippen LogP contribution in [0, 0.1) is 29.6 Å². The molecule has 18 heterocycles. The predicted molar refractivity (Wildman–Crippen MR) is 281 cm³/mol. The summed E-state index contributed by atoms with van der Waals surface area (Å²) in [4.78, 5) is 14.5. The fourth-order valence-electron chi connectivity index (χ4n) is 18.5. The van der Waals surface area contributed by atoms with Crippen molar-refractivity contribution in [1.82, 2.24) is 0 Å². The summed E-state index contributed by atoms with van der Waals surface area (Å²) in [5, 5.41) is 55.5. The first-order chi connectivity index (χ1) is 39.3. The van der Waals surface area contributed by atoms with E-state index < -0.39 is 103 Å². The molecule has 0 amide bonds. The van der Waals surface area contributed by atoms with Crippen LogP contribution in [0.5, 0.6) is 0 Å². The molecule has 18 rings (SSSR count). The minimum absolute atomic E-state index is 0.0825. The van der Waals surface area contributed by atoms with E-state index in [-0.39, 0.29) is 122 Å². The second-order valence-electron chi connectivity index (χ2n) is 28.1. The van der Waals surface area contributed by atoms with Gasteiger partial charge in [0, 0.05) is 56.8 Å². The molecule has 18 aliphatic rings. The van der Waals surface area contributed by atoms with Crippen molar-refractivity contribution < 1.29 is 101 Å². The van der Waals surface area contributed by atoms with E-state index in [1.54, 1.807) is 0 Å². The average molecular weight is 1160 g/mol. The largest absolute Gasteiger partial charge is 0.459 e. The van der Waals surface area contributed by atoms with Crippen LogP contribution in [-0.4, -0.2) is 221 Å². The molecule has 0 saturated carbocycles. The van der Waals surface area contributed by atoms with Crippen LogP contribution in [0.4, 0.5) is 0 Å². The van der Waals surface area contributed by atoms with E-state index >= 15 is 0 Å². The molecule has 0 aromatic rings. The number of hydrogen-bond donors (Lipinski definition) is 5. The van der Waals surface area contributed by atoms with Gasteiger partial charge in [0.25, 0.3) is 0 Å². The molecule has 82 heavy (non-hydrogen) atoms. The lowest BCUT2D eigenvalue weighted by atomic mass is 9.77. The highest BCUT2D eigenvalue weighted by molar-refractivity contribution is 5.70. The number of ether oxygens (including phenoxy) is 15. The number of hydrogen-bond acceptors (Lipinski definition) is 21. The zero-order chi connectivity index (χ0) is 56.5. The Labute approximate surface area is 479 Å². The van der Waals surface area contributed by atoms with E-state index in [1.807, 2.05) is 0 Å². The Hall–Kier alpha value is -1.81. The quantitative estimate of drug-likeness (QED) is 0.197. The Balaban J connectivity index is 0.649. The van der Waals surface area contributed by atoms with E-state index in [9.17, 15) is 30.3 Å². The lowest BCUT2D eigenvalue weighted by Crippen LogP contribution is -2.62. The summed E-state index contributed by atoms with van der Waals surface area (Å²) < 4.78 is 101. The van der Waals surface area contributed by atoms with Crippen LogP contribution >= 0.6 is 0 Å². The SMILES string of the molecule is C=C1C[C@@H]2CC[C@H]3OC4[C@@H]5O[C@H]6CC[C@H](CC(=O)O[C@@H]7[C@@H](C)[C@@H]8O[C@@H]9C[C@]%10(C[C@@H]%11O[C@]%12(C[C@H](C)[C@@H]%13O[C@@H]%14[C@@H]([C@@H](O)CO)CO[C@@H]%14C[C@@H]%13O%12)C[C@H](C)[C@@H]%11O%10)O[C@@H]9C[C@@H]8O[C@H]7C[C@H]7O[C@@H](CC[C@@H]1O2)C[C@@H](C)C7=C)O[C@@H]6[C@H](O)[C@@H]5O[C@@]4(O)[C@H]3O. The van der Waals surface area contributed by atoms with Gasteiger partial charge in [0.15, 0.2) is 11.6 Å². The van der Waals surface area contributed by atoms with E-state index in [4.69, 9.17) is 71.1 Å². The number of aliphatic hydroxyl groups is 5. The Morgan fingerprint density at radius 2 is 1.23 bits per heavy atom. The maximum absolute atomic E-state index is 14.5. The highest BCUT2D eigenvalue weighted by atomic mass is 16.8. The lowest BCUT2D eigenvalue weighted by Gasteiger charge is -2.54. The molecule has 21 heteroatoms. The van der Waals surface area contributed by atoms with Crippen LogP contribution in [-0.2, 0) is 75.8 Å². The Bertz CT molecular complexity index is 2430. The summed E-state index contributed by atoms with van der Waals surface area (Å²) in [6, 6.07) is 0. The first-order valence-corrected chi connectivity index (χ1v) is 31.5. The maximum atomic E-state index is 14.5. The zero-order valence-electron chi connectivity index (χ0n) is 47.8. The Morgan fingerprint density at radius 3 is 2.05 bits per heavy atom. The lowest BCUT2D eigenvalue weighted by molar-refractivity contribution is -0.370. The van der Waals surface area contributed by atoms with Crippen LogP contribution < -0.4 is 0 Å². The monoisotopic (exact) mass is 1160 g/mol. The third-order valence-electron chi connectivity index (χ3n) is 22.6. The maximum Gasteiger partial charge on any atom is 0.308 e. The fraction of sp³-hybridized carbons (Fsp3) is 0.918. The molecule has 2 spiro atoms. The van der Waals surface area contributed by atoms with Crippen molar-refractivity contribution in [3.05, 3.63) is 24.3 Å². The van der Waals surface area contributed by atoms with Gasteiger partial charge < -0.3 is 96.6 Å². The van der Waals surface area contributed by atoms with Crippen molar-refractivity contribution in [2.75, 3.05) is 13.2 Å². The first kappa shape index (κ1) is 56.7. The van der Waals surface area contributed by atoms with Gasteiger partial charge in [0.05, 0.1) is 136 Å². The van der Waals surface area contributed by atoms with E-state index in [0.717, 1.165) is 30.4 Å². The average Bonchev–Trinajstić information content (AvgIpc) is 1.93. The van der Waals surface area contributed by atoms with Crippen LogP contribution in [0.2, 0.25) is 0 Å². The fourth-order valence-corrected chi connectivity index (χ4v) is 18.5. The normalized spacial score (nSPS) is 58.3. The second-order valence-corrected chi connectivity index (χ2v) is 28.1. The summed E-state index contributed by atoms with van der Waals surface area (Å²) in [5.74, 6) is -4.56. The van der Waals surface area contributed by atoms with Crippen molar-refractivity contribution in [3.8, 4) is 0 Å². The molecular weight excluding hydrogens is 1070 g/mol. The van der Waals surface area contributed by atoms with Gasteiger partial charge in [-0.3, -0.25) is 4.79 Å². The smallest absolute Gasteiger partial charge is 0.308 e. The standard InChI is InChI=1S/C61H88O21/c1-25-13-31-7-10-36-26(2)14-32(69-36)9-12-38-57(66)61(67)58(75-38)56-55(82-61)48(65)54-37(73-56)11-8-33(71-54)15-47(64)76-52-30(6)51-43(72-42(52)16-39(70-31)29(25)5)17-40-45(74-51)21-60(78-40)22-46-50(81-60)28(4)20-59(80-46)19-27(3)49-44(79-59)18-41-53(77-49)34(24-68-41)35(63)23-62/h25,27-28,30-46,48-58,62-63,65-67H,2,5,7-24H2,1,3-4,6H3/t25-,27+,28+,30+,31+,32+,33-,34-,35+,36+,37+,38-,39-,40-,41-,42+,43+,44+,45-,46+,48+,49+,50+,51+,52-,53-,54+,55+,56-,57+,58?,59-,60+,61+/m1/s1.